The third-order valence-corrected chi connectivity index (χ3v) is 7.33. The van der Waals surface area contributed by atoms with E-state index < -0.39 is 0 Å². The predicted octanol–water partition coefficient (Wildman–Crippen LogP) is 6.86. The molecule has 36 heavy (non-hydrogen) atoms. The van der Waals surface area contributed by atoms with Gasteiger partial charge in [0, 0.05) is 48.7 Å². The molecule has 1 N–H and O–H groups in total. The van der Waals surface area contributed by atoms with E-state index in [0.717, 1.165) is 41.3 Å². The third kappa shape index (κ3) is 5.49. The topological polar surface area (TPSA) is 43.0 Å². The molecule has 3 aliphatic rings. The minimum atomic E-state index is 0.0738. The van der Waals surface area contributed by atoms with Gasteiger partial charge in [0.2, 0.25) is 0 Å². The summed E-state index contributed by atoms with van der Waals surface area (Å²) in [5, 5.41) is 4.99. The lowest BCUT2D eigenvalue weighted by Gasteiger charge is -2.32. The zero-order chi connectivity index (χ0) is 25.1. The number of halogens is 2. The molecule has 0 saturated heterocycles. The highest BCUT2D eigenvalue weighted by atomic mass is 35.5. The predicted molar refractivity (Wildman–Crippen MR) is 152 cm³/mol. The summed E-state index contributed by atoms with van der Waals surface area (Å²) in [4.78, 5) is 11.7. The molecule has 5 rings (SSSR count). The molecule has 7 heteroatoms. The van der Waals surface area contributed by atoms with Crippen molar-refractivity contribution in [3.8, 4) is 0 Å². The lowest BCUT2D eigenvalue weighted by Crippen LogP contribution is -2.44. The van der Waals surface area contributed by atoms with Crippen molar-refractivity contribution in [1.82, 2.24) is 5.32 Å². The molecule has 0 bridgehead atoms. The summed E-state index contributed by atoms with van der Waals surface area (Å²) >= 11 is 12.9. The molecular weight excluding hydrogens is 489 g/mol. The SMILES string of the molecule is CCC(C(CC1=Nc2ccccc2N(c2ccc(Cl)cc2Cl)C1)NC1=CN=CC=C=C1)=[N+](C)C1CC1. The molecule has 2 aromatic rings. The minimum absolute atomic E-state index is 0.0738. The average molecular weight is 520 g/mol. The quantitative estimate of drug-likeness (QED) is 0.235. The van der Waals surface area contributed by atoms with Crippen molar-refractivity contribution in [2.24, 2.45) is 9.98 Å². The number of nitrogens with one attached hydrogen (secondary N) is 1. The maximum absolute atomic E-state index is 6.66. The van der Waals surface area contributed by atoms with Gasteiger partial charge in [0.05, 0.1) is 40.5 Å². The van der Waals surface area contributed by atoms with Crippen LogP contribution in [0.15, 0.2) is 82.2 Å². The Morgan fingerprint density at radius 2 is 2.03 bits per heavy atom. The fourth-order valence-corrected chi connectivity index (χ4v) is 5.39. The van der Waals surface area contributed by atoms with E-state index in [1.165, 1.54) is 18.6 Å². The van der Waals surface area contributed by atoms with Gasteiger partial charge >= 0.3 is 0 Å². The molecule has 1 unspecified atom stereocenters. The van der Waals surface area contributed by atoms with Crippen molar-refractivity contribution >= 4 is 57.9 Å². The van der Waals surface area contributed by atoms with Crippen LogP contribution in [0.5, 0.6) is 0 Å². The second-order valence-corrected chi connectivity index (χ2v) is 10.1. The van der Waals surface area contributed by atoms with Crippen molar-refractivity contribution < 1.29 is 4.58 Å². The van der Waals surface area contributed by atoms with E-state index >= 15 is 0 Å². The highest BCUT2D eigenvalue weighted by Crippen LogP contribution is 2.41. The second-order valence-electron chi connectivity index (χ2n) is 9.30. The van der Waals surface area contributed by atoms with Crippen LogP contribution in [0.3, 0.4) is 0 Å². The molecule has 1 saturated carbocycles. The summed E-state index contributed by atoms with van der Waals surface area (Å²) in [5.74, 6) is 0. The number of hydrogen-bond donors (Lipinski definition) is 1. The van der Waals surface area contributed by atoms with Gasteiger partial charge < -0.3 is 10.2 Å². The van der Waals surface area contributed by atoms with E-state index in [0.29, 0.717) is 22.6 Å². The molecule has 0 radical (unpaired) electrons. The van der Waals surface area contributed by atoms with Gasteiger partial charge in [-0.2, -0.15) is 0 Å². The van der Waals surface area contributed by atoms with E-state index in [2.05, 4.69) is 51.6 Å². The summed E-state index contributed by atoms with van der Waals surface area (Å²) in [5.41, 5.74) is 9.47. The van der Waals surface area contributed by atoms with Crippen LogP contribution in [0.1, 0.15) is 32.6 Å². The summed E-state index contributed by atoms with van der Waals surface area (Å²) in [6, 6.07) is 14.6. The maximum Gasteiger partial charge on any atom is 0.174 e. The Hall–Kier alpha value is -3.11. The van der Waals surface area contributed by atoms with Crippen LogP contribution in [0.25, 0.3) is 0 Å². The Morgan fingerprint density at radius 1 is 1.19 bits per heavy atom. The van der Waals surface area contributed by atoms with Gasteiger partial charge in [0.1, 0.15) is 13.1 Å². The third-order valence-electron chi connectivity index (χ3n) is 6.79. The van der Waals surface area contributed by atoms with Crippen LogP contribution < -0.4 is 10.2 Å². The van der Waals surface area contributed by atoms with Crippen LogP contribution in [0.2, 0.25) is 10.0 Å². The number of allylic oxidation sites excluding steroid dienone is 1. The van der Waals surface area contributed by atoms with Crippen LogP contribution in [-0.2, 0) is 0 Å². The molecule has 1 atom stereocenters. The van der Waals surface area contributed by atoms with E-state index in [1.807, 2.05) is 42.6 Å². The van der Waals surface area contributed by atoms with Gasteiger partial charge in [-0.05, 0) is 36.4 Å². The first kappa shape index (κ1) is 24.6. The minimum Gasteiger partial charge on any atom is -0.371 e. The average Bonchev–Trinajstić information content (AvgIpc) is 3.72. The fourth-order valence-electron chi connectivity index (χ4n) is 4.88. The van der Waals surface area contributed by atoms with Crippen LogP contribution in [-0.4, -0.2) is 47.9 Å². The monoisotopic (exact) mass is 518 g/mol. The first-order valence-corrected chi connectivity index (χ1v) is 13.2. The molecular formula is C29H30Cl2N5+. The summed E-state index contributed by atoms with van der Waals surface area (Å²) in [7, 11) is 2.22. The highest BCUT2D eigenvalue weighted by Gasteiger charge is 2.36. The van der Waals surface area contributed by atoms with E-state index in [1.54, 1.807) is 12.3 Å². The summed E-state index contributed by atoms with van der Waals surface area (Å²) in [6.45, 7) is 2.88. The molecule has 0 amide bonds. The molecule has 2 heterocycles. The number of benzene rings is 2. The number of fused-ring (bicyclic) bond motifs is 1. The van der Waals surface area contributed by atoms with Crippen LogP contribution in [0, 0.1) is 0 Å². The zero-order valence-corrected chi connectivity index (χ0v) is 22.1. The molecule has 2 aromatic carbocycles. The van der Waals surface area contributed by atoms with Crippen molar-refractivity contribution in [3.63, 3.8) is 0 Å². The summed E-state index contributed by atoms with van der Waals surface area (Å²) < 4.78 is 2.46. The van der Waals surface area contributed by atoms with Crippen molar-refractivity contribution in [1.29, 1.82) is 0 Å². The normalized spacial score (nSPS) is 18.2. The standard InChI is InChI=1S/C29H30Cl2N5/c1-3-27(35(2)23-12-13-23)26(33-21-8-6-7-15-32-18-21)17-22-19-36(28-14-11-20(30)16-24(28)31)29-10-5-4-9-25(29)34-22/h4-5,7-11,14-16,18,23,26,33H,3,12-13,17,19H2,1-2H3/q+1. The van der Waals surface area contributed by atoms with Crippen LogP contribution in [0.4, 0.5) is 17.1 Å². The Bertz CT molecular complexity index is 1340. The van der Waals surface area contributed by atoms with Crippen molar-refractivity contribution in [2.75, 3.05) is 18.5 Å². The molecule has 0 spiro atoms. The number of aliphatic imine (C=N–C) groups is 2. The van der Waals surface area contributed by atoms with Gasteiger partial charge in [-0.3, -0.25) is 9.98 Å². The van der Waals surface area contributed by atoms with Crippen molar-refractivity contribution in [2.45, 2.75) is 44.7 Å². The zero-order valence-electron chi connectivity index (χ0n) is 20.6. The van der Waals surface area contributed by atoms with E-state index in [-0.39, 0.29) is 6.04 Å². The van der Waals surface area contributed by atoms with Crippen LogP contribution >= 0.6 is 23.2 Å². The maximum atomic E-state index is 6.66. The van der Waals surface area contributed by atoms with E-state index in [4.69, 9.17) is 28.2 Å². The van der Waals surface area contributed by atoms with Gasteiger partial charge in [-0.15, -0.1) is 5.73 Å². The van der Waals surface area contributed by atoms with Crippen molar-refractivity contribution in [3.05, 3.63) is 82.3 Å². The molecule has 0 aromatic heterocycles. The Kier molecular flexibility index (Phi) is 7.43. The Labute approximate surface area is 222 Å². The first-order chi connectivity index (χ1) is 17.5. The smallest absolute Gasteiger partial charge is 0.174 e. The number of rotatable bonds is 8. The molecule has 2 aliphatic heterocycles. The summed E-state index contributed by atoms with van der Waals surface area (Å²) in [6.07, 6.45) is 11.6. The van der Waals surface area contributed by atoms with Gasteiger partial charge in [0.25, 0.3) is 0 Å². The molecule has 184 valence electrons. The Morgan fingerprint density at radius 3 is 2.81 bits per heavy atom. The van der Waals surface area contributed by atoms with Gasteiger partial charge in [-0.1, -0.05) is 42.3 Å². The largest absolute Gasteiger partial charge is 0.371 e. The lowest BCUT2D eigenvalue weighted by molar-refractivity contribution is -0.514. The number of nitrogens with zero attached hydrogens (tertiary/aromatic N) is 4. The fraction of sp³-hybridized carbons (Fsp3) is 0.310. The van der Waals surface area contributed by atoms with Gasteiger partial charge in [-0.25, -0.2) is 4.58 Å². The molecule has 1 fully saturated rings. The molecule has 1 aliphatic carbocycles. The lowest BCUT2D eigenvalue weighted by atomic mass is 9.99. The first-order valence-electron chi connectivity index (χ1n) is 12.4. The number of hydrogen-bond acceptors (Lipinski definition) is 4. The second kappa shape index (κ2) is 10.9. The number of para-hydroxylation sites is 2. The highest BCUT2D eigenvalue weighted by molar-refractivity contribution is 6.36. The Balaban J connectivity index is 1.51. The van der Waals surface area contributed by atoms with E-state index in [9.17, 15) is 0 Å². The number of anilines is 2. The molecule has 5 nitrogen and oxygen atoms in total. The van der Waals surface area contributed by atoms with Gasteiger partial charge in [0.15, 0.2) is 11.8 Å².